The number of urea groups is 1. The van der Waals surface area contributed by atoms with Crippen LogP contribution in [-0.4, -0.2) is 25.1 Å². The minimum atomic E-state index is -0.896. The number of nitrogens with one attached hydrogen (secondary N) is 2. The molecule has 0 saturated carbocycles. The number of nitrogen functional groups attached to an aromatic ring is 1. The standard InChI is InChI=1S/C12H14N4O3/c1-7(11(17)16-12(18)15-2)19-10-4-3-8(6-13)5-9(10)14/h3-5,7H,14H2,1-2H3,(H2,15,16,17,18). The molecule has 0 aromatic heterocycles. The SMILES string of the molecule is CNC(=O)NC(=O)C(C)Oc1ccc(C#N)cc1N. The van der Waals surface area contributed by atoms with E-state index in [1.807, 2.05) is 6.07 Å². The number of rotatable bonds is 3. The van der Waals surface area contributed by atoms with Crippen LogP contribution < -0.4 is 21.1 Å². The van der Waals surface area contributed by atoms with Crippen molar-refractivity contribution in [1.29, 1.82) is 5.26 Å². The summed E-state index contributed by atoms with van der Waals surface area (Å²) in [6.07, 6.45) is -0.896. The maximum Gasteiger partial charge on any atom is 0.321 e. The molecule has 0 aliphatic heterocycles. The number of anilines is 1. The predicted octanol–water partition coefficient (Wildman–Crippen LogP) is 0.363. The van der Waals surface area contributed by atoms with Gasteiger partial charge in [0.25, 0.3) is 5.91 Å². The van der Waals surface area contributed by atoms with Gasteiger partial charge < -0.3 is 15.8 Å². The molecule has 3 amide bonds. The summed E-state index contributed by atoms with van der Waals surface area (Å²) in [5.74, 6) is -0.318. The molecule has 1 aromatic carbocycles. The Morgan fingerprint density at radius 1 is 1.47 bits per heavy atom. The third-order valence-electron chi connectivity index (χ3n) is 2.28. The summed E-state index contributed by atoms with van der Waals surface area (Å²) in [4.78, 5) is 22.5. The zero-order valence-electron chi connectivity index (χ0n) is 10.6. The first-order valence-electron chi connectivity index (χ1n) is 5.46. The second-order valence-corrected chi connectivity index (χ2v) is 3.69. The predicted molar refractivity (Wildman–Crippen MR) is 68.3 cm³/mol. The lowest BCUT2D eigenvalue weighted by Gasteiger charge is -2.15. The Morgan fingerprint density at radius 2 is 2.16 bits per heavy atom. The number of carbonyl (C=O) groups excluding carboxylic acids is 2. The van der Waals surface area contributed by atoms with Gasteiger partial charge in [-0.2, -0.15) is 5.26 Å². The van der Waals surface area contributed by atoms with Gasteiger partial charge in [-0.3, -0.25) is 10.1 Å². The number of amides is 3. The van der Waals surface area contributed by atoms with Crippen molar-refractivity contribution in [3.63, 3.8) is 0 Å². The number of carbonyl (C=O) groups is 2. The molecule has 0 fully saturated rings. The lowest BCUT2D eigenvalue weighted by atomic mass is 10.2. The van der Waals surface area contributed by atoms with Crippen LogP contribution >= 0.6 is 0 Å². The number of ether oxygens (including phenoxy) is 1. The quantitative estimate of drug-likeness (QED) is 0.680. The van der Waals surface area contributed by atoms with E-state index in [1.54, 1.807) is 0 Å². The summed E-state index contributed by atoms with van der Waals surface area (Å²) in [6.45, 7) is 1.48. The third kappa shape index (κ3) is 3.89. The first kappa shape index (κ1) is 14.3. The number of imide groups is 1. The summed E-state index contributed by atoms with van der Waals surface area (Å²) >= 11 is 0. The van der Waals surface area contributed by atoms with E-state index < -0.39 is 18.0 Å². The molecule has 1 aromatic rings. The van der Waals surface area contributed by atoms with E-state index in [-0.39, 0.29) is 11.4 Å². The molecule has 0 bridgehead atoms. The van der Waals surface area contributed by atoms with Crippen molar-refractivity contribution in [1.82, 2.24) is 10.6 Å². The molecule has 1 rings (SSSR count). The molecule has 1 unspecified atom stereocenters. The van der Waals surface area contributed by atoms with E-state index in [1.165, 1.54) is 32.2 Å². The van der Waals surface area contributed by atoms with Gasteiger partial charge in [-0.1, -0.05) is 0 Å². The van der Waals surface area contributed by atoms with Gasteiger partial charge in [-0.25, -0.2) is 4.79 Å². The topological polar surface area (TPSA) is 117 Å². The average Bonchev–Trinajstić information content (AvgIpc) is 2.40. The lowest BCUT2D eigenvalue weighted by molar-refractivity contribution is -0.126. The number of hydrogen-bond acceptors (Lipinski definition) is 5. The van der Waals surface area contributed by atoms with Gasteiger partial charge >= 0.3 is 6.03 Å². The highest BCUT2D eigenvalue weighted by Crippen LogP contribution is 2.23. The summed E-state index contributed by atoms with van der Waals surface area (Å²) in [6, 6.07) is 5.78. The van der Waals surface area contributed by atoms with Crippen LogP contribution in [0.25, 0.3) is 0 Å². The van der Waals surface area contributed by atoms with Crippen LogP contribution in [0.5, 0.6) is 5.75 Å². The van der Waals surface area contributed by atoms with Gasteiger partial charge in [-0.05, 0) is 25.1 Å². The van der Waals surface area contributed by atoms with Crippen molar-refractivity contribution in [3.8, 4) is 11.8 Å². The number of benzene rings is 1. The van der Waals surface area contributed by atoms with E-state index in [9.17, 15) is 9.59 Å². The van der Waals surface area contributed by atoms with Crippen molar-refractivity contribution in [2.45, 2.75) is 13.0 Å². The van der Waals surface area contributed by atoms with E-state index >= 15 is 0 Å². The van der Waals surface area contributed by atoms with E-state index in [0.29, 0.717) is 5.56 Å². The summed E-state index contributed by atoms with van der Waals surface area (Å²) in [5.41, 5.74) is 6.33. The first-order chi connectivity index (χ1) is 8.97. The Hall–Kier alpha value is -2.75. The van der Waals surface area contributed by atoms with Gasteiger partial charge in [0, 0.05) is 7.05 Å². The minimum Gasteiger partial charge on any atom is -0.479 e. The van der Waals surface area contributed by atoms with E-state index in [0.717, 1.165) is 0 Å². The molecule has 0 spiro atoms. The molecule has 0 radical (unpaired) electrons. The molecule has 7 heteroatoms. The van der Waals surface area contributed by atoms with Crippen LogP contribution in [-0.2, 0) is 4.79 Å². The van der Waals surface area contributed by atoms with Crippen LogP contribution in [0.2, 0.25) is 0 Å². The molecule has 19 heavy (non-hydrogen) atoms. The first-order valence-corrected chi connectivity index (χ1v) is 5.46. The Balaban J connectivity index is 2.72. The molecular weight excluding hydrogens is 248 g/mol. The highest BCUT2D eigenvalue weighted by molar-refractivity contribution is 5.96. The molecule has 4 N–H and O–H groups in total. The summed E-state index contributed by atoms with van der Waals surface area (Å²) in [7, 11) is 1.40. The van der Waals surface area contributed by atoms with Crippen LogP contribution in [0.3, 0.4) is 0 Å². The number of nitriles is 1. The average molecular weight is 262 g/mol. The smallest absolute Gasteiger partial charge is 0.321 e. The summed E-state index contributed by atoms with van der Waals surface area (Å²) < 4.78 is 5.33. The molecule has 0 saturated heterocycles. The molecular formula is C12H14N4O3. The van der Waals surface area contributed by atoms with Gasteiger partial charge in [0.05, 0.1) is 17.3 Å². The van der Waals surface area contributed by atoms with Gasteiger partial charge in [0.2, 0.25) is 0 Å². The van der Waals surface area contributed by atoms with Crippen LogP contribution in [0.15, 0.2) is 18.2 Å². The highest BCUT2D eigenvalue weighted by atomic mass is 16.5. The minimum absolute atomic E-state index is 0.249. The van der Waals surface area contributed by atoms with Crippen molar-refractivity contribution in [2.75, 3.05) is 12.8 Å². The normalized spacial score (nSPS) is 11.0. The van der Waals surface area contributed by atoms with Crippen molar-refractivity contribution in [3.05, 3.63) is 23.8 Å². The highest BCUT2D eigenvalue weighted by Gasteiger charge is 2.17. The van der Waals surface area contributed by atoms with Crippen LogP contribution in [0.1, 0.15) is 12.5 Å². The maximum atomic E-state index is 11.6. The second-order valence-electron chi connectivity index (χ2n) is 3.69. The third-order valence-corrected chi connectivity index (χ3v) is 2.28. The Bertz CT molecular complexity index is 536. The van der Waals surface area contributed by atoms with Gasteiger partial charge in [-0.15, -0.1) is 0 Å². The molecule has 100 valence electrons. The van der Waals surface area contributed by atoms with Crippen molar-refractivity contribution < 1.29 is 14.3 Å². The Labute approximate surface area is 110 Å². The fourth-order valence-electron chi connectivity index (χ4n) is 1.25. The molecule has 0 aliphatic carbocycles. The fourth-order valence-corrected chi connectivity index (χ4v) is 1.25. The Morgan fingerprint density at radius 3 is 2.68 bits per heavy atom. The van der Waals surface area contributed by atoms with Crippen LogP contribution in [0, 0.1) is 11.3 Å². The number of nitrogens with two attached hydrogens (primary N) is 1. The fraction of sp³-hybridized carbons (Fsp3) is 0.250. The zero-order chi connectivity index (χ0) is 14.4. The lowest BCUT2D eigenvalue weighted by Crippen LogP contribution is -2.44. The van der Waals surface area contributed by atoms with Gasteiger partial charge in [0.1, 0.15) is 5.75 Å². The second kappa shape index (κ2) is 6.26. The zero-order valence-corrected chi connectivity index (χ0v) is 10.6. The summed E-state index contributed by atoms with van der Waals surface area (Å²) in [5, 5.41) is 13.0. The molecule has 0 aliphatic rings. The van der Waals surface area contributed by atoms with Crippen molar-refractivity contribution in [2.24, 2.45) is 0 Å². The Kier molecular flexibility index (Phi) is 4.71. The maximum absolute atomic E-state index is 11.6. The molecule has 7 nitrogen and oxygen atoms in total. The largest absolute Gasteiger partial charge is 0.479 e. The monoisotopic (exact) mass is 262 g/mol. The molecule has 1 atom stereocenters. The number of nitrogens with zero attached hydrogens (tertiary/aromatic N) is 1. The molecule has 0 heterocycles. The number of hydrogen-bond donors (Lipinski definition) is 3. The van der Waals surface area contributed by atoms with Crippen molar-refractivity contribution >= 4 is 17.6 Å². The van der Waals surface area contributed by atoms with Crippen LogP contribution in [0.4, 0.5) is 10.5 Å². The van der Waals surface area contributed by atoms with E-state index in [2.05, 4.69) is 10.6 Å². The van der Waals surface area contributed by atoms with Gasteiger partial charge in [0.15, 0.2) is 6.10 Å². The van der Waals surface area contributed by atoms with E-state index in [4.69, 9.17) is 15.7 Å².